The molecule has 0 radical (unpaired) electrons. The Labute approximate surface area is 96.9 Å². The normalized spacial score (nSPS) is 16.0. The number of ether oxygens (including phenoxy) is 1. The number of hydrogen-bond donors (Lipinski definition) is 1. The molecule has 1 heterocycles. The van der Waals surface area contributed by atoms with E-state index in [0.717, 1.165) is 12.1 Å². The lowest BCUT2D eigenvalue weighted by molar-refractivity contribution is -0.154. The summed E-state index contributed by atoms with van der Waals surface area (Å²) in [6, 6.07) is 0. The van der Waals surface area contributed by atoms with E-state index >= 15 is 0 Å². The van der Waals surface area contributed by atoms with Crippen LogP contribution >= 0.6 is 0 Å². The van der Waals surface area contributed by atoms with E-state index in [0.29, 0.717) is 0 Å². The number of esters is 1. The smallest absolute Gasteiger partial charge is 0.322 e. The van der Waals surface area contributed by atoms with E-state index in [-0.39, 0.29) is 12.5 Å². The summed E-state index contributed by atoms with van der Waals surface area (Å²) in [5, 5.41) is 1.87. The van der Waals surface area contributed by atoms with E-state index in [4.69, 9.17) is 4.74 Å². The lowest BCUT2D eigenvalue weighted by Crippen LogP contribution is -2.40. The van der Waals surface area contributed by atoms with Gasteiger partial charge in [0, 0.05) is 6.20 Å². The summed E-state index contributed by atoms with van der Waals surface area (Å²) >= 11 is 0. The summed E-state index contributed by atoms with van der Waals surface area (Å²) < 4.78 is 5.19. The molecule has 0 unspecified atom stereocenters. The molecule has 90 valence electrons. The van der Waals surface area contributed by atoms with Gasteiger partial charge < -0.3 is 9.75 Å². The first-order chi connectivity index (χ1) is 7.37. The van der Waals surface area contributed by atoms with Gasteiger partial charge >= 0.3 is 5.97 Å². The predicted molar refractivity (Wildman–Crippen MR) is 63.5 cm³/mol. The van der Waals surface area contributed by atoms with Crippen LogP contribution in [0.1, 0.15) is 27.7 Å². The Morgan fingerprint density at radius 2 is 2.25 bits per heavy atom. The fourth-order valence-electron chi connectivity index (χ4n) is 1.35. The largest absolute Gasteiger partial charge is 0.459 e. The van der Waals surface area contributed by atoms with Crippen molar-refractivity contribution in [3.05, 3.63) is 23.9 Å². The maximum atomic E-state index is 11.4. The zero-order chi connectivity index (χ0) is 12.2. The van der Waals surface area contributed by atoms with Crippen molar-refractivity contribution in [1.82, 2.24) is 10.4 Å². The van der Waals surface area contributed by atoms with Gasteiger partial charge in [-0.15, -0.1) is 0 Å². The van der Waals surface area contributed by atoms with Crippen molar-refractivity contribution in [2.75, 3.05) is 13.1 Å². The zero-order valence-corrected chi connectivity index (χ0v) is 10.4. The van der Waals surface area contributed by atoms with Crippen LogP contribution in [0.25, 0.3) is 0 Å². The molecule has 0 aromatic rings. The summed E-state index contributed by atoms with van der Waals surface area (Å²) in [7, 11) is 0. The predicted octanol–water partition coefficient (Wildman–Crippen LogP) is 1.61. The number of hydrazine groups is 1. The summed E-state index contributed by atoms with van der Waals surface area (Å²) in [6.45, 7) is 8.54. The average Bonchev–Trinajstić information content (AvgIpc) is 2.12. The van der Waals surface area contributed by atoms with E-state index in [1.165, 1.54) is 0 Å². The van der Waals surface area contributed by atoms with Gasteiger partial charge in [0.15, 0.2) is 0 Å². The van der Waals surface area contributed by atoms with Gasteiger partial charge in [0.05, 0.1) is 6.54 Å². The minimum Gasteiger partial charge on any atom is -0.459 e. The lowest BCUT2D eigenvalue weighted by atomic mass is 10.2. The van der Waals surface area contributed by atoms with Crippen molar-refractivity contribution in [2.24, 2.45) is 0 Å². The molecule has 4 nitrogen and oxygen atoms in total. The molecular formula is C12H20N2O2. The first-order valence-electron chi connectivity index (χ1n) is 5.44. The van der Waals surface area contributed by atoms with Gasteiger partial charge in [0.1, 0.15) is 12.1 Å². The molecule has 0 aliphatic carbocycles. The molecule has 16 heavy (non-hydrogen) atoms. The Balaban J connectivity index is 2.30. The van der Waals surface area contributed by atoms with Gasteiger partial charge in [-0.2, -0.15) is 0 Å². The maximum absolute atomic E-state index is 11.4. The van der Waals surface area contributed by atoms with Crippen molar-refractivity contribution in [1.29, 1.82) is 0 Å². The van der Waals surface area contributed by atoms with Gasteiger partial charge in [0.2, 0.25) is 0 Å². The molecule has 4 heteroatoms. The quantitative estimate of drug-likeness (QED) is 0.739. The molecule has 0 amide bonds. The number of carbonyl (C=O) groups excluding carboxylic acids is 1. The third-order valence-electron chi connectivity index (χ3n) is 1.89. The fraction of sp³-hybridized carbons (Fsp3) is 0.583. The number of nitrogens with one attached hydrogen (secondary N) is 1. The first-order valence-corrected chi connectivity index (χ1v) is 5.44. The van der Waals surface area contributed by atoms with Crippen LogP contribution in [0.4, 0.5) is 0 Å². The van der Waals surface area contributed by atoms with E-state index in [1.807, 2.05) is 51.1 Å². The SMILES string of the molecule is CC1=CN(NCC(=O)OC(C)(C)C)CC=C1. The first kappa shape index (κ1) is 12.8. The molecule has 0 spiro atoms. The molecule has 0 saturated heterocycles. The molecule has 0 aromatic carbocycles. The van der Waals surface area contributed by atoms with Gasteiger partial charge in [0.25, 0.3) is 0 Å². The summed E-state index contributed by atoms with van der Waals surface area (Å²) in [5.41, 5.74) is 3.74. The van der Waals surface area contributed by atoms with E-state index in [9.17, 15) is 4.79 Å². The topological polar surface area (TPSA) is 41.6 Å². The summed E-state index contributed by atoms with van der Waals surface area (Å²) in [5.74, 6) is -0.242. The number of nitrogens with zero attached hydrogens (tertiary/aromatic N) is 1. The van der Waals surface area contributed by atoms with Crippen LogP contribution in [-0.4, -0.2) is 29.7 Å². The van der Waals surface area contributed by atoms with Crippen LogP contribution in [0.5, 0.6) is 0 Å². The lowest BCUT2D eigenvalue weighted by Gasteiger charge is -2.24. The highest BCUT2D eigenvalue weighted by molar-refractivity contribution is 5.72. The van der Waals surface area contributed by atoms with Crippen LogP contribution < -0.4 is 5.43 Å². The van der Waals surface area contributed by atoms with Crippen molar-refractivity contribution in [3.8, 4) is 0 Å². The Bertz CT molecular complexity index is 313. The molecule has 0 aromatic heterocycles. The van der Waals surface area contributed by atoms with Crippen molar-refractivity contribution >= 4 is 5.97 Å². The van der Waals surface area contributed by atoms with Gasteiger partial charge in [-0.3, -0.25) is 4.79 Å². The fourth-order valence-corrected chi connectivity index (χ4v) is 1.35. The molecule has 1 aliphatic rings. The van der Waals surface area contributed by atoms with Crippen molar-refractivity contribution in [3.63, 3.8) is 0 Å². The molecule has 0 bridgehead atoms. The van der Waals surface area contributed by atoms with Crippen molar-refractivity contribution in [2.45, 2.75) is 33.3 Å². The van der Waals surface area contributed by atoms with Crippen LogP contribution in [0.3, 0.4) is 0 Å². The van der Waals surface area contributed by atoms with Gasteiger partial charge in [-0.05, 0) is 33.3 Å². The van der Waals surface area contributed by atoms with Crippen LogP contribution in [0.15, 0.2) is 23.9 Å². The minimum atomic E-state index is -0.424. The van der Waals surface area contributed by atoms with Gasteiger partial charge in [-0.25, -0.2) is 5.43 Å². The Hall–Kier alpha value is -1.29. The summed E-state index contributed by atoms with van der Waals surface area (Å²) in [4.78, 5) is 11.4. The summed E-state index contributed by atoms with van der Waals surface area (Å²) in [6.07, 6.45) is 6.05. The minimum absolute atomic E-state index is 0.189. The number of carbonyl (C=O) groups is 1. The highest BCUT2D eigenvalue weighted by Crippen LogP contribution is 2.07. The van der Waals surface area contributed by atoms with Crippen LogP contribution in [0, 0.1) is 0 Å². The number of allylic oxidation sites excluding steroid dienone is 2. The second-order valence-electron chi connectivity index (χ2n) is 4.85. The molecule has 0 atom stereocenters. The standard InChI is InChI=1S/C12H20N2O2/c1-10-6-5-7-14(9-10)13-8-11(15)16-12(2,3)4/h5-6,9,13H,7-8H2,1-4H3. The molecule has 1 N–H and O–H groups in total. The highest BCUT2D eigenvalue weighted by atomic mass is 16.6. The van der Waals surface area contributed by atoms with E-state index in [2.05, 4.69) is 5.43 Å². The van der Waals surface area contributed by atoms with Crippen LogP contribution in [-0.2, 0) is 9.53 Å². The number of rotatable bonds is 3. The van der Waals surface area contributed by atoms with Gasteiger partial charge in [-0.1, -0.05) is 12.2 Å². The molecule has 0 saturated carbocycles. The zero-order valence-electron chi connectivity index (χ0n) is 10.4. The third-order valence-corrected chi connectivity index (χ3v) is 1.89. The highest BCUT2D eigenvalue weighted by Gasteiger charge is 2.16. The van der Waals surface area contributed by atoms with Crippen molar-refractivity contribution < 1.29 is 9.53 Å². The Morgan fingerprint density at radius 3 is 2.81 bits per heavy atom. The molecule has 0 fully saturated rings. The molecule has 1 rings (SSSR count). The molecular weight excluding hydrogens is 204 g/mol. The van der Waals surface area contributed by atoms with E-state index < -0.39 is 5.60 Å². The van der Waals surface area contributed by atoms with Crippen LogP contribution in [0.2, 0.25) is 0 Å². The maximum Gasteiger partial charge on any atom is 0.322 e. The Morgan fingerprint density at radius 1 is 1.56 bits per heavy atom. The third kappa shape index (κ3) is 4.98. The Kier molecular flexibility index (Phi) is 4.12. The van der Waals surface area contributed by atoms with E-state index in [1.54, 1.807) is 0 Å². The number of hydrogen-bond acceptors (Lipinski definition) is 4. The monoisotopic (exact) mass is 224 g/mol. The second-order valence-corrected chi connectivity index (χ2v) is 4.85. The average molecular weight is 224 g/mol. The molecule has 1 aliphatic heterocycles. The second kappa shape index (κ2) is 5.16.